The summed E-state index contributed by atoms with van der Waals surface area (Å²) in [6, 6.07) is 6.68. The summed E-state index contributed by atoms with van der Waals surface area (Å²) in [6.45, 7) is 3.41. The standard InChI is InChI=1S/C15H14F3N3O2/c1-9(2)21-13(22)8-7-12(20-21)14(23)19-11-6-4-3-5-10(11)15(16,17)18/h3-9H,1-2H3,(H,19,23). The molecule has 1 aromatic heterocycles. The zero-order chi connectivity index (χ0) is 17.2. The van der Waals surface area contributed by atoms with Gasteiger partial charge < -0.3 is 5.32 Å². The molecular weight excluding hydrogens is 311 g/mol. The van der Waals surface area contributed by atoms with E-state index in [1.54, 1.807) is 13.8 Å². The van der Waals surface area contributed by atoms with Gasteiger partial charge in [0.25, 0.3) is 11.5 Å². The highest BCUT2D eigenvalue weighted by atomic mass is 19.4. The normalized spacial score (nSPS) is 11.6. The number of hydrogen-bond donors (Lipinski definition) is 1. The minimum atomic E-state index is -4.59. The predicted octanol–water partition coefficient (Wildman–Crippen LogP) is 3.10. The summed E-state index contributed by atoms with van der Waals surface area (Å²) < 4.78 is 39.8. The topological polar surface area (TPSA) is 64.0 Å². The first kappa shape index (κ1) is 16.7. The Balaban J connectivity index is 2.34. The Labute approximate surface area is 129 Å². The van der Waals surface area contributed by atoms with Crippen LogP contribution in [0, 0.1) is 0 Å². The minimum absolute atomic E-state index is 0.143. The average Bonchev–Trinajstić information content (AvgIpc) is 2.46. The summed E-state index contributed by atoms with van der Waals surface area (Å²) in [7, 11) is 0. The number of alkyl halides is 3. The summed E-state index contributed by atoms with van der Waals surface area (Å²) in [5.41, 5.74) is -1.86. The van der Waals surface area contributed by atoms with Crippen molar-refractivity contribution in [3.8, 4) is 0 Å². The molecule has 1 N–H and O–H groups in total. The number of hydrogen-bond acceptors (Lipinski definition) is 3. The Morgan fingerprint density at radius 2 is 1.83 bits per heavy atom. The SMILES string of the molecule is CC(C)n1nc(C(=O)Nc2ccccc2C(F)(F)F)ccc1=O. The van der Waals surface area contributed by atoms with Crippen LogP contribution in [-0.4, -0.2) is 15.7 Å². The predicted molar refractivity (Wildman–Crippen MR) is 78.3 cm³/mol. The number of halogens is 3. The van der Waals surface area contributed by atoms with Crippen LogP contribution >= 0.6 is 0 Å². The minimum Gasteiger partial charge on any atom is -0.320 e. The maximum atomic E-state index is 12.9. The van der Waals surface area contributed by atoms with Gasteiger partial charge in [0, 0.05) is 6.07 Å². The average molecular weight is 325 g/mol. The summed E-state index contributed by atoms with van der Waals surface area (Å²) >= 11 is 0. The lowest BCUT2D eigenvalue weighted by Crippen LogP contribution is -2.27. The van der Waals surface area contributed by atoms with Gasteiger partial charge in [0.1, 0.15) is 5.69 Å². The molecule has 0 bridgehead atoms. The van der Waals surface area contributed by atoms with Crippen molar-refractivity contribution >= 4 is 11.6 Å². The lowest BCUT2D eigenvalue weighted by Gasteiger charge is -2.14. The second-order valence-electron chi connectivity index (χ2n) is 5.09. The Morgan fingerprint density at radius 1 is 1.17 bits per heavy atom. The van der Waals surface area contributed by atoms with Crippen LogP contribution in [0.4, 0.5) is 18.9 Å². The summed E-state index contributed by atoms with van der Waals surface area (Å²) in [4.78, 5) is 23.7. The zero-order valence-corrected chi connectivity index (χ0v) is 12.4. The first-order valence-corrected chi connectivity index (χ1v) is 6.77. The number of anilines is 1. The van der Waals surface area contributed by atoms with Gasteiger partial charge in [-0.2, -0.15) is 18.3 Å². The third-order valence-electron chi connectivity index (χ3n) is 3.03. The Bertz CT molecular complexity index is 782. The molecule has 0 aliphatic heterocycles. The molecule has 0 aliphatic rings. The van der Waals surface area contributed by atoms with Gasteiger partial charge in [0.15, 0.2) is 0 Å². The number of carbonyl (C=O) groups is 1. The highest BCUT2D eigenvalue weighted by molar-refractivity contribution is 6.03. The van der Waals surface area contributed by atoms with Crippen molar-refractivity contribution in [3.63, 3.8) is 0 Å². The van der Waals surface area contributed by atoms with Crippen molar-refractivity contribution in [2.45, 2.75) is 26.1 Å². The van der Waals surface area contributed by atoms with Gasteiger partial charge >= 0.3 is 6.18 Å². The van der Waals surface area contributed by atoms with Crippen molar-refractivity contribution in [1.82, 2.24) is 9.78 Å². The van der Waals surface area contributed by atoms with Gasteiger partial charge in [0.2, 0.25) is 0 Å². The summed E-state index contributed by atoms with van der Waals surface area (Å²) in [5.74, 6) is -0.823. The molecule has 2 aromatic rings. The van der Waals surface area contributed by atoms with E-state index >= 15 is 0 Å². The highest BCUT2D eigenvalue weighted by Gasteiger charge is 2.33. The molecule has 1 aromatic carbocycles. The van der Waals surface area contributed by atoms with E-state index in [0.29, 0.717) is 0 Å². The van der Waals surface area contributed by atoms with Crippen molar-refractivity contribution in [2.75, 3.05) is 5.32 Å². The molecule has 0 saturated heterocycles. The third-order valence-corrected chi connectivity index (χ3v) is 3.03. The van der Waals surface area contributed by atoms with Crippen molar-refractivity contribution in [3.05, 3.63) is 58.0 Å². The molecular formula is C15H14F3N3O2. The highest BCUT2D eigenvalue weighted by Crippen LogP contribution is 2.34. The van der Waals surface area contributed by atoms with Gasteiger partial charge in [-0.15, -0.1) is 0 Å². The summed E-state index contributed by atoms with van der Waals surface area (Å²) in [5, 5.41) is 6.05. The smallest absolute Gasteiger partial charge is 0.320 e. The molecule has 1 heterocycles. The van der Waals surface area contributed by atoms with Gasteiger partial charge in [-0.25, -0.2) is 4.68 Å². The number of carbonyl (C=O) groups excluding carboxylic acids is 1. The molecule has 0 aliphatic carbocycles. The van der Waals surface area contributed by atoms with Gasteiger partial charge in [-0.3, -0.25) is 9.59 Å². The van der Waals surface area contributed by atoms with Gasteiger partial charge in [-0.05, 0) is 32.0 Å². The first-order chi connectivity index (χ1) is 10.7. The fourth-order valence-corrected chi connectivity index (χ4v) is 1.94. The van der Waals surface area contributed by atoms with Crippen molar-refractivity contribution in [1.29, 1.82) is 0 Å². The van der Waals surface area contributed by atoms with E-state index in [-0.39, 0.29) is 17.4 Å². The Kier molecular flexibility index (Phi) is 4.53. The molecule has 0 fully saturated rings. The van der Waals surface area contributed by atoms with Crippen LogP contribution in [0.25, 0.3) is 0 Å². The molecule has 2 rings (SSSR count). The van der Waals surface area contributed by atoms with E-state index in [1.807, 2.05) is 0 Å². The monoisotopic (exact) mass is 325 g/mol. The number of nitrogens with one attached hydrogen (secondary N) is 1. The summed E-state index contributed by atoms with van der Waals surface area (Å²) in [6.07, 6.45) is -4.59. The quantitative estimate of drug-likeness (QED) is 0.943. The van der Waals surface area contributed by atoms with Crippen LogP contribution in [0.3, 0.4) is 0 Å². The second-order valence-corrected chi connectivity index (χ2v) is 5.09. The van der Waals surface area contributed by atoms with Gasteiger partial charge in [-0.1, -0.05) is 12.1 Å². The molecule has 0 atom stereocenters. The van der Waals surface area contributed by atoms with Crippen molar-refractivity contribution < 1.29 is 18.0 Å². The van der Waals surface area contributed by atoms with Crippen LogP contribution in [0.1, 0.15) is 35.9 Å². The van der Waals surface area contributed by atoms with E-state index in [9.17, 15) is 22.8 Å². The maximum absolute atomic E-state index is 12.9. The van der Waals surface area contributed by atoms with E-state index in [0.717, 1.165) is 22.9 Å². The van der Waals surface area contributed by atoms with Crippen molar-refractivity contribution in [2.24, 2.45) is 0 Å². The van der Waals surface area contributed by atoms with Crippen LogP contribution in [0.5, 0.6) is 0 Å². The number of nitrogens with zero attached hydrogens (tertiary/aromatic N) is 2. The van der Waals surface area contributed by atoms with E-state index in [1.165, 1.54) is 18.2 Å². The molecule has 0 spiro atoms. The Hall–Kier alpha value is -2.64. The molecule has 5 nitrogen and oxygen atoms in total. The first-order valence-electron chi connectivity index (χ1n) is 6.77. The molecule has 23 heavy (non-hydrogen) atoms. The zero-order valence-electron chi connectivity index (χ0n) is 12.4. The second kappa shape index (κ2) is 6.23. The molecule has 0 radical (unpaired) electrons. The lowest BCUT2D eigenvalue weighted by atomic mass is 10.1. The fourth-order valence-electron chi connectivity index (χ4n) is 1.94. The maximum Gasteiger partial charge on any atom is 0.418 e. The van der Waals surface area contributed by atoms with E-state index in [4.69, 9.17) is 0 Å². The van der Waals surface area contributed by atoms with Crippen LogP contribution in [0.2, 0.25) is 0 Å². The lowest BCUT2D eigenvalue weighted by molar-refractivity contribution is -0.136. The Morgan fingerprint density at radius 3 is 2.43 bits per heavy atom. The van der Waals surface area contributed by atoms with E-state index < -0.39 is 23.2 Å². The largest absolute Gasteiger partial charge is 0.418 e. The van der Waals surface area contributed by atoms with Crippen LogP contribution in [-0.2, 0) is 6.18 Å². The third kappa shape index (κ3) is 3.77. The van der Waals surface area contributed by atoms with E-state index in [2.05, 4.69) is 10.4 Å². The van der Waals surface area contributed by atoms with Crippen LogP contribution < -0.4 is 10.9 Å². The molecule has 122 valence electrons. The molecule has 0 saturated carbocycles. The number of aromatic nitrogens is 2. The fraction of sp³-hybridized carbons (Fsp3) is 0.267. The van der Waals surface area contributed by atoms with Gasteiger partial charge in [0.05, 0.1) is 17.3 Å². The molecule has 0 unspecified atom stereocenters. The van der Waals surface area contributed by atoms with Crippen LogP contribution in [0.15, 0.2) is 41.2 Å². The molecule has 1 amide bonds. The number of benzene rings is 1. The number of para-hydroxylation sites is 1. The molecule has 8 heteroatoms. The number of amides is 1. The number of rotatable bonds is 3.